The summed E-state index contributed by atoms with van der Waals surface area (Å²) in [6, 6.07) is 6.69. The van der Waals surface area contributed by atoms with E-state index in [0.29, 0.717) is 11.5 Å². The molecule has 0 aromatic heterocycles. The molecule has 1 aliphatic carbocycles. The quantitative estimate of drug-likeness (QED) is 0.753. The highest BCUT2D eigenvalue weighted by Gasteiger charge is 2.36. The highest BCUT2D eigenvalue weighted by molar-refractivity contribution is 5.85. The van der Waals surface area contributed by atoms with E-state index in [2.05, 4.69) is 15.0 Å². The second-order valence-electron chi connectivity index (χ2n) is 6.71. The van der Waals surface area contributed by atoms with Crippen LogP contribution in [0.2, 0.25) is 0 Å². The van der Waals surface area contributed by atoms with E-state index in [1.54, 1.807) is 6.07 Å². The molecule has 1 heterocycles. The van der Waals surface area contributed by atoms with E-state index in [1.807, 2.05) is 12.1 Å². The molecule has 0 radical (unpaired) electrons. The highest BCUT2D eigenvalue weighted by atomic mass is 35.5. The zero-order valence-corrected chi connectivity index (χ0v) is 16.3. The molecule has 2 fully saturated rings. The molecular weight excluding hydrogens is 388 g/mol. The van der Waals surface area contributed by atoms with Crippen LogP contribution in [0, 0.1) is 5.92 Å². The van der Waals surface area contributed by atoms with Crippen LogP contribution < -0.4 is 10.1 Å². The monoisotopic (exact) mass is 414 g/mol. The third-order valence-corrected chi connectivity index (χ3v) is 5.10. The van der Waals surface area contributed by atoms with Gasteiger partial charge in [-0.05, 0) is 24.8 Å². The van der Waals surface area contributed by atoms with Gasteiger partial charge < -0.3 is 10.1 Å². The molecule has 1 aromatic rings. The van der Waals surface area contributed by atoms with Crippen molar-refractivity contribution in [2.24, 2.45) is 5.92 Å². The van der Waals surface area contributed by atoms with Crippen molar-refractivity contribution < 1.29 is 17.9 Å². The van der Waals surface area contributed by atoms with E-state index in [9.17, 15) is 13.2 Å². The van der Waals surface area contributed by atoms with E-state index in [0.717, 1.165) is 51.9 Å². The first kappa shape index (κ1) is 23.3. The molecule has 3 nitrogen and oxygen atoms in total. The molecule has 0 unspecified atom stereocenters. The van der Waals surface area contributed by atoms with Crippen molar-refractivity contribution in [3.05, 3.63) is 29.8 Å². The summed E-state index contributed by atoms with van der Waals surface area (Å²) < 4.78 is 42.8. The summed E-state index contributed by atoms with van der Waals surface area (Å²) in [7, 11) is 0. The molecule has 2 aliphatic rings. The van der Waals surface area contributed by atoms with Crippen LogP contribution in [0.25, 0.3) is 0 Å². The number of rotatable bonds is 4. The van der Waals surface area contributed by atoms with Crippen molar-refractivity contribution in [3.63, 3.8) is 0 Å². The molecule has 3 rings (SSSR count). The lowest BCUT2D eigenvalue weighted by molar-refractivity contribution is -0.275. The number of nitrogens with zero attached hydrogens (tertiary/aromatic N) is 1. The maximum absolute atomic E-state index is 12.8. The number of halogens is 5. The number of hydrogen-bond donors (Lipinski definition) is 1. The van der Waals surface area contributed by atoms with Crippen LogP contribution >= 0.6 is 24.8 Å². The van der Waals surface area contributed by atoms with Crippen LogP contribution in [0.15, 0.2) is 24.3 Å². The molecule has 1 saturated heterocycles. The fourth-order valence-corrected chi connectivity index (χ4v) is 4.10. The van der Waals surface area contributed by atoms with Crippen LogP contribution in [0.3, 0.4) is 0 Å². The second-order valence-corrected chi connectivity index (χ2v) is 6.71. The third-order valence-electron chi connectivity index (χ3n) is 5.10. The molecule has 1 saturated carbocycles. The lowest BCUT2D eigenvalue weighted by atomic mass is 9.80. The maximum Gasteiger partial charge on any atom is 0.573 e. The Morgan fingerprint density at radius 3 is 2.23 bits per heavy atom. The summed E-state index contributed by atoms with van der Waals surface area (Å²) in [5, 5.41) is 3.32. The van der Waals surface area contributed by atoms with Crippen LogP contribution in [0.4, 0.5) is 13.2 Å². The minimum Gasteiger partial charge on any atom is -0.405 e. The minimum atomic E-state index is -4.66. The van der Waals surface area contributed by atoms with Gasteiger partial charge in [-0.25, -0.2) is 0 Å². The van der Waals surface area contributed by atoms with Gasteiger partial charge in [-0.2, -0.15) is 0 Å². The van der Waals surface area contributed by atoms with Gasteiger partial charge in [0, 0.05) is 37.8 Å². The van der Waals surface area contributed by atoms with Crippen LogP contribution in [0.5, 0.6) is 5.75 Å². The number of alkyl halides is 3. The fraction of sp³-hybridized carbons (Fsp3) is 0.667. The van der Waals surface area contributed by atoms with Gasteiger partial charge in [-0.1, -0.05) is 37.5 Å². The average Bonchev–Trinajstić information content (AvgIpc) is 2.57. The first-order valence-corrected chi connectivity index (χ1v) is 8.84. The Kier molecular flexibility index (Phi) is 9.51. The van der Waals surface area contributed by atoms with Gasteiger partial charge in [-0.15, -0.1) is 38.0 Å². The van der Waals surface area contributed by atoms with E-state index in [4.69, 9.17) is 0 Å². The van der Waals surface area contributed by atoms with E-state index < -0.39 is 6.36 Å². The number of para-hydroxylation sites is 1. The van der Waals surface area contributed by atoms with Crippen molar-refractivity contribution >= 4 is 24.8 Å². The maximum atomic E-state index is 12.8. The van der Waals surface area contributed by atoms with Gasteiger partial charge in [0.05, 0.1) is 0 Å². The molecule has 0 amide bonds. The molecule has 1 aromatic carbocycles. The Hall–Kier alpha value is -0.690. The molecule has 150 valence electrons. The number of nitrogens with one attached hydrogen (secondary N) is 1. The number of ether oxygens (including phenoxy) is 1. The van der Waals surface area contributed by atoms with Crippen molar-refractivity contribution in [3.8, 4) is 5.75 Å². The minimum absolute atomic E-state index is 0. The smallest absolute Gasteiger partial charge is 0.405 e. The predicted octanol–water partition coefficient (Wildman–Crippen LogP) is 4.96. The number of benzene rings is 1. The standard InChI is InChI=1S/C18H25F3N2O.2ClH/c19-18(20,21)24-16-9-5-4-8-15(16)17(14-6-2-1-3-7-14)23-12-10-22-11-13-23;;/h4-5,8-9,14,17,22H,1-3,6-7,10-13H2;2*1H/t17-;;/m1../s1. The Labute approximate surface area is 165 Å². The van der Waals surface area contributed by atoms with Crippen molar-refractivity contribution in [1.82, 2.24) is 10.2 Å². The zero-order valence-electron chi connectivity index (χ0n) is 14.6. The molecule has 1 aliphatic heterocycles. The highest BCUT2D eigenvalue weighted by Crippen LogP contribution is 2.42. The predicted molar refractivity (Wildman–Crippen MR) is 101 cm³/mol. The molecule has 0 spiro atoms. The molecule has 0 bridgehead atoms. The van der Waals surface area contributed by atoms with E-state index in [-0.39, 0.29) is 36.6 Å². The van der Waals surface area contributed by atoms with Gasteiger partial charge in [0.2, 0.25) is 0 Å². The van der Waals surface area contributed by atoms with Gasteiger partial charge in [0.25, 0.3) is 0 Å². The van der Waals surface area contributed by atoms with Crippen molar-refractivity contribution in [1.29, 1.82) is 0 Å². The normalized spacial score (nSPS) is 20.6. The summed E-state index contributed by atoms with van der Waals surface area (Å²) >= 11 is 0. The van der Waals surface area contributed by atoms with Crippen LogP contribution in [-0.4, -0.2) is 37.4 Å². The molecular formula is C18H27Cl2F3N2O. The largest absolute Gasteiger partial charge is 0.573 e. The van der Waals surface area contributed by atoms with Crippen molar-refractivity contribution in [2.75, 3.05) is 26.2 Å². The zero-order chi connectivity index (χ0) is 17.0. The van der Waals surface area contributed by atoms with E-state index in [1.165, 1.54) is 12.5 Å². The van der Waals surface area contributed by atoms with Gasteiger partial charge in [0.15, 0.2) is 0 Å². The second kappa shape index (κ2) is 10.6. The number of piperazine rings is 1. The van der Waals surface area contributed by atoms with Crippen molar-refractivity contribution in [2.45, 2.75) is 44.5 Å². The summed E-state index contributed by atoms with van der Waals surface area (Å²) in [4.78, 5) is 2.34. The molecule has 8 heteroatoms. The fourth-order valence-electron chi connectivity index (χ4n) is 4.10. The summed E-state index contributed by atoms with van der Waals surface area (Å²) in [6.45, 7) is 3.49. The van der Waals surface area contributed by atoms with Gasteiger partial charge in [0.1, 0.15) is 5.75 Å². The summed E-state index contributed by atoms with van der Waals surface area (Å²) in [5.41, 5.74) is 0.684. The Morgan fingerprint density at radius 1 is 1.00 bits per heavy atom. The summed E-state index contributed by atoms with van der Waals surface area (Å²) in [5.74, 6) is 0.355. The first-order chi connectivity index (χ1) is 11.5. The molecule has 1 atom stereocenters. The Balaban J connectivity index is 0.00000169. The Morgan fingerprint density at radius 2 is 1.62 bits per heavy atom. The SMILES string of the molecule is Cl.Cl.FC(F)(F)Oc1ccccc1[C@@H](C1CCCCC1)N1CCNCC1. The first-order valence-electron chi connectivity index (χ1n) is 8.84. The topological polar surface area (TPSA) is 24.5 Å². The lowest BCUT2D eigenvalue weighted by Crippen LogP contribution is -2.47. The van der Waals surface area contributed by atoms with Crippen LogP contribution in [0.1, 0.15) is 43.7 Å². The van der Waals surface area contributed by atoms with Gasteiger partial charge >= 0.3 is 6.36 Å². The third kappa shape index (κ3) is 6.19. The molecule has 26 heavy (non-hydrogen) atoms. The average molecular weight is 415 g/mol. The van der Waals surface area contributed by atoms with Gasteiger partial charge in [-0.3, -0.25) is 4.90 Å². The lowest BCUT2D eigenvalue weighted by Gasteiger charge is -2.41. The summed E-state index contributed by atoms with van der Waals surface area (Å²) in [6.07, 6.45) is 1.05. The van der Waals surface area contributed by atoms with Crippen LogP contribution in [-0.2, 0) is 0 Å². The van der Waals surface area contributed by atoms with E-state index >= 15 is 0 Å². The number of hydrogen-bond acceptors (Lipinski definition) is 3. The molecule has 1 N–H and O–H groups in total. The Bertz CT molecular complexity index is 515.